The maximum absolute atomic E-state index is 10.6. The first-order chi connectivity index (χ1) is 6.27. The number of para-hydroxylation sites is 1. The van der Waals surface area contributed by atoms with E-state index in [4.69, 9.17) is 9.84 Å². The minimum absolute atomic E-state index is 0.535. The van der Waals surface area contributed by atoms with Gasteiger partial charge in [0.1, 0.15) is 5.75 Å². The predicted molar refractivity (Wildman–Crippen MR) is 45.3 cm³/mol. The van der Waals surface area contributed by atoms with E-state index in [1.807, 2.05) is 18.2 Å². The maximum Gasteiger partial charge on any atom is 0.360 e. The number of ether oxygens (including phenoxy) is 1. The number of carboxylic acid groups (broad SMARTS) is 1. The number of hydrogen-bond acceptors (Lipinski definition) is 3. The first kappa shape index (κ1) is 8.07. The van der Waals surface area contributed by atoms with Crippen LogP contribution < -0.4 is 10.1 Å². The Labute approximate surface area is 75.1 Å². The smallest absolute Gasteiger partial charge is 0.360 e. The van der Waals surface area contributed by atoms with E-state index in [2.05, 4.69) is 5.32 Å². The lowest BCUT2D eigenvalue weighted by Gasteiger charge is -2.23. The highest BCUT2D eigenvalue weighted by Crippen LogP contribution is 2.22. The molecule has 1 aliphatic rings. The van der Waals surface area contributed by atoms with Crippen molar-refractivity contribution >= 4 is 5.97 Å². The fourth-order valence-electron chi connectivity index (χ4n) is 1.27. The zero-order chi connectivity index (χ0) is 9.26. The first-order valence-electron chi connectivity index (χ1n) is 3.98. The van der Waals surface area contributed by atoms with Crippen molar-refractivity contribution in [1.82, 2.24) is 5.32 Å². The number of carboxylic acids is 1. The molecule has 1 aromatic rings. The molecule has 0 saturated heterocycles. The predicted octanol–water partition coefficient (Wildman–Crippen LogP) is 0.579. The van der Waals surface area contributed by atoms with Crippen LogP contribution in [0.2, 0.25) is 0 Å². The fraction of sp³-hybridized carbons (Fsp3) is 0.222. The van der Waals surface area contributed by atoms with Crippen LogP contribution in [0, 0.1) is 0 Å². The van der Waals surface area contributed by atoms with Crippen molar-refractivity contribution in [2.45, 2.75) is 12.8 Å². The summed E-state index contributed by atoms with van der Waals surface area (Å²) in [6, 6.07) is 7.39. The third-order valence-electron chi connectivity index (χ3n) is 1.92. The van der Waals surface area contributed by atoms with Gasteiger partial charge in [0, 0.05) is 12.1 Å². The third kappa shape index (κ3) is 1.48. The van der Waals surface area contributed by atoms with Gasteiger partial charge in [-0.1, -0.05) is 18.2 Å². The van der Waals surface area contributed by atoms with Crippen LogP contribution in [-0.4, -0.2) is 17.3 Å². The summed E-state index contributed by atoms with van der Waals surface area (Å²) < 4.78 is 5.18. The molecule has 1 unspecified atom stereocenters. The molecule has 1 atom stereocenters. The van der Waals surface area contributed by atoms with Gasteiger partial charge in [0.25, 0.3) is 0 Å². The second-order valence-corrected chi connectivity index (χ2v) is 2.82. The molecule has 0 saturated carbocycles. The lowest BCUT2D eigenvalue weighted by atomic mass is 10.2. The van der Waals surface area contributed by atoms with Crippen LogP contribution in [0.3, 0.4) is 0 Å². The second kappa shape index (κ2) is 3.06. The Morgan fingerprint density at radius 3 is 3.08 bits per heavy atom. The first-order valence-corrected chi connectivity index (χ1v) is 3.98. The number of hydrogen-bond donors (Lipinski definition) is 2. The molecule has 0 radical (unpaired) electrons. The summed E-state index contributed by atoms with van der Waals surface area (Å²) in [6.45, 7) is 0.535. The van der Waals surface area contributed by atoms with Crippen molar-refractivity contribution < 1.29 is 14.6 Å². The van der Waals surface area contributed by atoms with Crippen molar-refractivity contribution in [2.24, 2.45) is 0 Å². The third-order valence-corrected chi connectivity index (χ3v) is 1.92. The average molecular weight is 179 g/mol. The molecule has 68 valence electrons. The molecule has 0 bridgehead atoms. The number of aliphatic carboxylic acids is 1. The second-order valence-electron chi connectivity index (χ2n) is 2.82. The van der Waals surface area contributed by atoms with E-state index in [1.165, 1.54) is 0 Å². The minimum atomic E-state index is -0.991. The molecule has 1 heterocycles. The van der Waals surface area contributed by atoms with Crippen LogP contribution in [0.15, 0.2) is 24.3 Å². The van der Waals surface area contributed by atoms with Crippen LogP contribution in [0.4, 0.5) is 0 Å². The molecule has 4 nitrogen and oxygen atoms in total. The molecule has 1 aromatic carbocycles. The van der Waals surface area contributed by atoms with Crippen molar-refractivity contribution in [3.8, 4) is 5.75 Å². The lowest BCUT2D eigenvalue weighted by Crippen LogP contribution is -2.44. The van der Waals surface area contributed by atoms with Crippen molar-refractivity contribution in [3.63, 3.8) is 0 Å². The summed E-state index contributed by atoms with van der Waals surface area (Å²) >= 11 is 0. The quantitative estimate of drug-likeness (QED) is 0.662. The molecular weight excluding hydrogens is 170 g/mol. The molecule has 13 heavy (non-hydrogen) atoms. The van der Waals surface area contributed by atoms with Crippen molar-refractivity contribution in [2.75, 3.05) is 0 Å². The van der Waals surface area contributed by atoms with Gasteiger partial charge in [-0.3, -0.25) is 5.32 Å². The summed E-state index contributed by atoms with van der Waals surface area (Å²) in [4.78, 5) is 10.6. The van der Waals surface area contributed by atoms with Gasteiger partial charge in [0.15, 0.2) is 0 Å². The van der Waals surface area contributed by atoms with E-state index in [0.717, 1.165) is 5.56 Å². The summed E-state index contributed by atoms with van der Waals surface area (Å²) in [5, 5.41) is 11.4. The fourth-order valence-corrected chi connectivity index (χ4v) is 1.27. The Morgan fingerprint density at radius 1 is 1.54 bits per heavy atom. The molecule has 4 heteroatoms. The Kier molecular flexibility index (Phi) is 1.90. The van der Waals surface area contributed by atoms with Gasteiger partial charge in [0.05, 0.1) is 0 Å². The molecule has 0 spiro atoms. The number of nitrogens with one attached hydrogen (secondary N) is 1. The summed E-state index contributed by atoms with van der Waals surface area (Å²) in [7, 11) is 0. The molecular formula is C9H9NO3. The average Bonchev–Trinajstić information content (AvgIpc) is 2.17. The monoisotopic (exact) mass is 179 g/mol. The van der Waals surface area contributed by atoms with E-state index in [9.17, 15) is 4.79 Å². The van der Waals surface area contributed by atoms with Crippen molar-refractivity contribution in [3.05, 3.63) is 29.8 Å². The van der Waals surface area contributed by atoms with Gasteiger partial charge in [-0.05, 0) is 6.07 Å². The maximum atomic E-state index is 10.6. The van der Waals surface area contributed by atoms with Crippen LogP contribution in [0.1, 0.15) is 5.56 Å². The van der Waals surface area contributed by atoms with Gasteiger partial charge in [0.2, 0.25) is 6.23 Å². The summed E-state index contributed by atoms with van der Waals surface area (Å²) in [6.07, 6.45) is -0.921. The Morgan fingerprint density at radius 2 is 2.31 bits per heavy atom. The minimum Gasteiger partial charge on any atom is -0.477 e. The number of fused-ring (bicyclic) bond motifs is 1. The van der Waals surface area contributed by atoms with Crippen LogP contribution >= 0.6 is 0 Å². The molecule has 0 fully saturated rings. The van der Waals surface area contributed by atoms with E-state index < -0.39 is 12.2 Å². The Balaban J connectivity index is 2.24. The SMILES string of the molecule is O=C(O)C1NCc2ccccc2O1. The van der Waals surface area contributed by atoms with E-state index in [-0.39, 0.29) is 0 Å². The number of benzene rings is 1. The largest absolute Gasteiger partial charge is 0.477 e. The number of carbonyl (C=O) groups is 1. The molecule has 0 amide bonds. The van der Waals surface area contributed by atoms with Gasteiger partial charge in [-0.25, -0.2) is 4.79 Å². The van der Waals surface area contributed by atoms with Gasteiger partial charge >= 0.3 is 5.97 Å². The highest BCUT2D eigenvalue weighted by Gasteiger charge is 2.23. The van der Waals surface area contributed by atoms with Crippen molar-refractivity contribution in [1.29, 1.82) is 0 Å². The van der Waals surface area contributed by atoms with Crippen LogP contribution in [-0.2, 0) is 11.3 Å². The van der Waals surface area contributed by atoms with Crippen LogP contribution in [0.5, 0.6) is 5.75 Å². The van der Waals surface area contributed by atoms with Gasteiger partial charge < -0.3 is 9.84 Å². The van der Waals surface area contributed by atoms with E-state index in [1.54, 1.807) is 6.07 Å². The molecule has 2 N–H and O–H groups in total. The molecule has 0 aliphatic carbocycles. The van der Waals surface area contributed by atoms with Gasteiger partial charge in [-0.15, -0.1) is 0 Å². The summed E-state index contributed by atoms with van der Waals surface area (Å²) in [5.41, 5.74) is 0.986. The highest BCUT2D eigenvalue weighted by molar-refractivity contribution is 5.72. The topological polar surface area (TPSA) is 58.6 Å². The number of rotatable bonds is 1. The summed E-state index contributed by atoms with van der Waals surface area (Å²) in [5.74, 6) is -0.344. The normalized spacial score (nSPS) is 20.2. The highest BCUT2D eigenvalue weighted by atomic mass is 16.5. The Hall–Kier alpha value is -1.55. The van der Waals surface area contributed by atoms with E-state index >= 15 is 0 Å². The Bertz CT molecular complexity index is 337. The molecule has 1 aliphatic heterocycles. The van der Waals surface area contributed by atoms with Gasteiger partial charge in [-0.2, -0.15) is 0 Å². The zero-order valence-electron chi connectivity index (χ0n) is 6.86. The lowest BCUT2D eigenvalue weighted by molar-refractivity contribution is -0.147. The standard InChI is InChI=1S/C9H9NO3/c11-9(12)8-10-5-6-3-1-2-4-7(6)13-8/h1-4,8,10H,5H2,(H,11,12). The van der Waals surface area contributed by atoms with E-state index in [0.29, 0.717) is 12.3 Å². The van der Waals surface area contributed by atoms with Crippen LogP contribution in [0.25, 0.3) is 0 Å². The zero-order valence-corrected chi connectivity index (χ0v) is 6.86. The molecule has 2 rings (SSSR count). The molecule has 0 aromatic heterocycles.